The van der Waals surface area contributed by atoms with Crippen LogP contribution in [0.1, 0.15) is 39.5 Å². The lowest BCUT2D eigenvalue weighted by Crippen LogP contribution is -2.29. The predicted molar refractivity (Wildman–Crippen MR) is 78.3 cm³/mol. The monoisotopic (exact) mass is 297 g/mol. The second-order valence-electron chi connectivity index (χ2n) is 4.86. The molecule has 0 spiro atoms. The maximum absolute atomic E-state index is 12.2. The van der Waals surface area contributed by atoms with Gasteiger partial charge < -0.3 is 14.9 Å². The number of ether oxygens (including phenoxy) is 1. The second-order valence-corrected chi connectivity index (χ2v) is 4.86. The van der Waals surface area contributed by atoms with Crippen molar-refractivity contribution in [3.63, 3.8) is 0 Å². The van der Waals surface area contributed by atoms with Gasteiger partial charge in [-0.25, -0.2) is 0 Å². The van der Waals surface area contributed by atoms with Gasteiger partial charge in [0.25, 0.3) is 0 Å². The molecule has 6 nitrogen and oxygen atoms in total. The van der Waals surface area contributed by atoms with E-state index in [1.54, 1.807) is 6.92 Å². The average Bonchev–Trinajstić information content (AvgIpc) is 2.45. The molecule has 2 N–H and O–H groups in total. The molecule has 0 aromatic carbocycles. The Hall–Kier alpha value is -1.69. The normalized spacial score (nSPS) is 19.9. The van der Waals surface area contributed by atoms with E-state index >= 15 is 0 Å². The maximum Gasteiger partial charge on any atom is 0.309 e. The lowest BCUT2D eigenvalue weighted by atomic mass is 9.84. The van der Waals surface area contributed by atoms with Crippen LogP contribution in [0, 0.1) is 5.92 Å². The van der Waals surface area contributed by atoms with Crippen molar-refractivity contribution in [3.05, 3.63) is 11.3 Å². The van der Waals surface area contributed by atoms with Crippen molar-refractivity contribution >= 4 is 17.5 Å². The quantitative estimate of drug-likeness (QED) is 0.422. The molecule has 0 aromatic heterocycles. The summed E-state index contributed by atoms with van der Waals surface area (Å²) in [5.74, 6) is -1.43. The van der Waals surface area contributed by atoms with Gasteiger partial charge in [0.15, 0.2) is 5.78 Å². The number of rotatable bonds is 7. The van der Waals surface area contributed by atoms with E-state index in [1.165, 1.54) is 0 Å². The smallest absolute Gasteiger partial charge is 0.309 e. The van der Waals surface area contributed by atoms with Gasteiger partial charge in [-0.1, -0.05) is 6.92 Å². The number of allylic oxidation sites excluding steroid dienone is 2. The Morgan fingerprint density at radius 1 is 1.38 bits per heavy atom. The van der Waals surface area contributed by atoms with Crippen LogP contribution >= 0.6 is 0 Å². The Labute approximate surface area is 124 Å². The van der Waals surface area contributed by atoms with Gasteiger partial charge in [-0.15, -0.1) is 0 Å². The van der Waals surface area contributed by atoms with E-state index in [1.807, 2.05) is 6.92 Å². The van der Waals surface area contributed by atoms with Crippen LogP contribution in [0.3, 0.4) is 0 Å². The molecule has 1 aliphatic rings. The van der Waals surface area contributed by atoms with Gasteiger partial charge in [-0.05, 0) is 19.8 Å². The summed E-state index contributed by atoms with van der Waals surface area (Å²) >= 11 is 0. The number of Topliss-reactive ketones (excluding diaryl/α,β-unsaturated/α-hetero) is 1. The molecule has 1 rings (SSSR count). The highest BCUT2D eigenvalue weighted by Crippen LogP contribution is 2.28. The van der Waals surface area contributed by atoms with Crippen molar-refractivity contribution < 1.29 is 24.5 Å². The Morgan fingerprint density at radius 3 is 2.62 bits per heavy atom. The van der Waals surface area contributed by atoms with Crippen molar-refractivity contribution in [2.45, 2.75) is 39.5 Å². The molecule has 6 heteroatoms. The Morgan fingerprint density at radius 2 is 2.10 bits per heavy atom. The summed E-state index contributed by atoms with van der Waals surface area (Å²) in [7, 11) is 0. The van der Waals surface area contributed by atoms with Crippen molar-refractivity contribution in [1.82, 2.24) is 0 Å². The summed E-state index contributed by atoms with van der Waals surface area (Å²) in [6, 6.07) is 0. The molecule has 118 valence electrons. The van der Waals surface area contributed by atoms with Crippen LogP contribution in [0.15, 0.2) is 16.3 Å². The first-order chi connectivity index (χ1) is 10.0. The fourth-order valence-corrected chi connectivity index (χ4v) is 2.30. The lowest BCUT2D eigenvalue weighted by Gasteiger charge is -2.22. The van der Waals surface area contributed by atoms with Crippen LogP contribution in [-0.4, -0.2) is 47.4 Å². The Balaban J connectivity index is 2.91. The summed E-state index contributed by atoms with van der Waals surface area (Å²) in [5.41, 5.74) is 0.768. The van der Waals surface area contributed by atoms with Crippen LogP contribution in [0.5, 0.6) is 0 Å². The number of aliphatic imine (C=N–C) groups is 1. The first-order valence-corrected chi connectivity index (χ1v) is 7.31. The summed E-state index contributed by atoms with van der Waals surface area (Å²) in [5, 5.41) is 18.9. The number of hydrogen-bond donors (Lipinski definition) is 2. The van der Waals surface area contributed by atoms with Gasteiger partial charge >= 0.3 is 5.97 Å². The van der Waals surface area contributed by atoms with E-state index in [-0.39, 0.29) is 43.2 Å². The minimum absolute atomic E-state index is 0.0321. The van der Waals surface area contributed by atoms with Crippen molar-refractivity contribution in [2.24, 2.45) is 10.9 Å². The fourth-order valence-electron chi connectivity index (χ4n) is 2.30. The van der Waals surface area contributed by atoms with E-state index in [0.717, 1.165) is 0 Å². The topological polar surface area (TPSA) is 96.2 Å². The highest BCUT2D eigenvalue weighted by Gasteiger charge is 2.34. The number of carbonyl (C=O) groups is 2. The molecule has 0 aromatic rings. The van der Waals surface area contributed by atoms with E-state index in [9.17, 15) is 14.7 Å². The zero-order valence-electron chi connectivity index (χ0n) is 12.6. The zero-order chi connectivity index (χ0) is 15.8. The third-order valence-corrected chi connectivity index (χ3v) is 3.30. The summed E-state index contributed by atoms with van der Waals surface area (Å²) < 4.78 is 4.90. The van der Waals surface area contributed by atoms with Gasteiger partial charge in [-0.2, -0.15) is 0 Å². The number of carbonyl (C=O) groups excluding carboxylic acids is 2. The third kappa shape index (κ3) is 4.67. The van der Waals surface area contributed by atoms with Gasteiger partial charge in [0.2, 0.25) is 0 Å². The summed E-state index contributed by atoms with van der Waals surface area (Å²) in [6.07, 6.45) is 1.17. The number of nitrogens with zero attached hydrogens (tertiary/aromatic N) is 1. The van der Waals surface area contributed by atoms with Crippen molar-refractivity contribution in [1.29, 1.82) is 0 Å². The molecule has 0 saturated heterocycles. The van der Waals surface area contributed by atoms with Gasteiger partial charge in [-0.3, -0.25) is 14.6 Å². The number of aliphatic hydroxyl groups is 2. The Kier molecular flexibility index (Phi) is 7.08. The first-order valence-electron chi connectivity index (χ1n) is 7.31. The van der Waals surface area contributed by atoms with Gasteiger partial charge in [0.1, 0.15) is 5.76 Å². The molecule has 0 radical (unpaired) electrons. The van der Waals surface area contributed by atoms with Crippen molar-refractivity contribution in [2.75, 3.05) is 19.8 Å². The summed E-state index contributed by atoms with van der Waals surface area (Å²) in [4.78, 5) is 28.1. The zero-order valence-corrected chi connectivity index (χ0v) is 12.6. The van der Waals surface area contributed by atoms with Crippen LogP contribution < -0.4 is 0 Å². The largest absolute Gasteiger partial charge is 0.511 e. The number of hydrogen-bond acceptors (Lipinski definition) is 6. The second kappa shape index (κ2) is 8.56. The van der Waals surface area contributed by atoms with E-state index < -0.39 is 11.9 Å². The molecule has 21 heavy (non-hydrogen) atoms. The number of aliphatic hydroxyl groups excluding tert-OH is 2. The average molecular weight is 297 g/mol. The highest BCUT2D eigenvalue weighted by molar-refractivity contribution is 6.23. The molecular weight excluding hydrogens is 274 g/mol. The van der Waals surface area contributed by atoms with Crippen LogP contribution in [-0.2, 0) is 14.3 Å². The molecule has 0 fully saturated rings. The fraction of sp³-hybridized carbons (Fsp3) is 0.667. The minimum atomic E-state index is -0.614. The van der Waals surface area contributed by atoms with E-state index in [2.05, 4.69) is 4.99 Å². The van der Waals surface area contributed by atoms with Crippen LogP contribution in [0.25, 0.3) is 0 Å². The lowest BCUT2D eigenvalue weighted by molar-refractivity contribution is -0.149. The van der Waals surface area contributed by atoms with E-state index in [0.29, 0.717) is 25.1 Å². The minimum Gasteiger partial charge on any atom is -0.511 e. The van der Waals surface area contributed by atoms with Crippen LogP contribution in [0.4, 0.5) is 0 Å². The molecule has 1 aliphatic carbocycles. The molecule has 1 atom stereocenters. The molecule has 0 heterocycles. The molecule has 0 bridgehead atoms. The highest BCUT2D eigenvalue weighted by atomic mass is 16.5. The van der Waals surface area contributed by atoms with Crippen molar-refractivity contribution in [3.8, 4) is 0 Å². The molecule has 0 aliphatic heterocycles. The Bertz CT molecular complexity index is 453. The SMILES string of the molecule is CCOC(=O)C1CC(=O)C(C(CC)=NCCCO)=C(O)C1. The van der Waals surface area contributed by atoms with Gasteiger partial charge in [0, 0.05) is 31.7 Å². The number of esters is 1. The number of ketones is 1. The molecular formula is C15H23NO5. The summed E-state index contributed by atoms with van der Waals surface area (Å²) in [6.45, 7) is 4.24. The van der Waals surface area contributed by atoms with Crippen LogP contribution in [0.2, 0.25) is 0 Å². The molecule has 1 unspecified atom stereocenters. The first kappa shape index (κ1) is 17.4. The standard InChI is InChI=1S/C15H23NO5/c1-3-11(16-6-5-7-17)14-12(18)8-10(9-13(14)19)15(20)21-4-2/h10,17-18H,3-9H2,1-2H3. The predicted octanol–water partition coefficient (Wildman–Crippen LogP) is 1.57. The molecule has 0 saturated carbocycles. The molecule has 0 amide bonds. The van der Waals surface area contributed by atoms with Gasteiger partial charge in [0.05, 0.1) is 18.1 Å². The maximum atomic E-state index is 12.2. The van der Waals surface area contributed by atoms with E-state index in [4.69, 9.17) is 9.84 Å². The third-order valence-electron chi connectivity index (χ3n) is 3.30.